The van der Waals surface area contributed by atoms with Crippen LogP contribution in [0.1, 0.15) is 33.6 Å². The lowest BCUT2D eigenvalue weighted by atomic mass is 10.1. The number of aromatic nitrogens is 1. The average molecular weight is 477 g/mol. The minimum absolute atomic E-state index is 0.121. The van der Waals surface area contributed by atoms with Gasteiger partial charge in [-0.1, -0.05) is 29.8 Å². The van der Waals surface area contributed by atoms with Crippen LogP contribution < -0.4 is 16.2 Å². The number of para-hydroxylation sites is 1. The fourth-order valence-corrected chi connectivity index (χ4v) is 3.45. The van der Waals surface area contributed by atoms with Crippen molar-refractivity contribution in [2.24, 2.45) is 0 Å². The van der Waals surface area contributed by atoms with E-state index < -0.39 is 5.91 Å². The number of hydrazine groups is 1. The van der Waals surface area contributed by atoms with Gasteiger partial charge >= 0.3 is 0 Å². The Morgan fingerprint density at radius 2 is 1.71 bits per heavy atom. The van der Waals surface area contributed by atoms with Crippen LogP contribution in [-0.4, -0.2) is 29.3 Å². The Labute approximate surface area is 200 Å². The number of hydrogen-bond acceptors (Lipinski definition) is 5. The van der Waals surface area contributed by atoms with Crippen molar-refractivity contribution in [2.45, 2.75) is 12.8 Å². The first-order valence-corrected chi connectivity index (χ1v) is 11.0. The second-order valence-electron chi connectivity index (χ2n) is 7.42. The molecular weight excluding hydrogens is 456 g/mol. The van der Waals surface area contributed by atoms with Gasteiger partial charge in [0.15, 0.2) is 5.76 Å². The van der Waals surface area contributed by atoms with Crippen LogP contribution in [0.3, 0.4) is 0 Å². The maximum atomic E-state index is 12.8. The molecule has 0 unspecified atom stereocenters. The first-order chi connectivity index (χ1) is 16.5. The van der Waals surface area contributed by atoms with E-state index >= 15 is 0 Å². The number of nitrogens with one attached hydrogen (secondary N) is 3. The first-order valence-electron chi connectivity index (χ1n) is 10.6. The Morgan fingerprint density at radius 1 is 0.912 bits per heavy atom. The van der Waals surface area contributed by atoms with Gasteiger partial charge < -0.3 is 9.73 Å². The third-order valence-corrected chi connectivity index (χ3v) is 5.27. The van der Waals surface area contributed by atoms with Gasteiger partial charge in [-0.3, -0.25) is 25.2 Å². The van der Waals surface area contributed by atoms with Gasteiger partial charge in [-0.25, -0.2) is 4.98 Å². The standard InChI is InChI=1S/C25H21ClN4O4/c26-17-11-9-16(10-12-17)24(32)27-13-3-8-23(31)29-30-25(33)19-15-21(22-7-4-14-34-22)28-20-6-2-1-5-18(19)20/h1-2,4-7,9-12,14-15H,3,8,13H2,(H,27,32)(H,29,31)(H,30,33). The first kappa shape index (κ1) is 23.0. The van der Waals surface area contributed by atoms with Gasteiger partial charge in [0.2, 0.25) is 5.91 Å². The number of benzene rings is 2. The molecule has 4 aromatic rings. The summed E-state index contributed by atoms with van der Waals surface area (Å²) in [4.78, 5) is 41.6. The van der Waals surface area contributed by atoms with E-state index in [1.165, 1.54) is 6.26 Å². The molecule has 0 saturated heterocycles. The van der Waals surface area contributed by atoms with Gasteiger partial charge in [0, 0.05) is 28.9 Å². The van der Waals surface area contributed by atoms with Crippen molar-refractivity contribution < 1.29 is 18.8 Å². The van der Waals surface area contributed by atoms with Crippen LogP contribution in [0, 0.1) is 0 Å². The normalized spacial score (nSPS) is 10.6. The van der Waals surface area contributed by atoms with Crippen molar-refractivity contribution in [1.82, 2.24) is 21.2 Å². The van der Waals surface area contributed by atoms with Crippen molar-refractivity contribution in [3.8, 4) is 11.5 Å². The molecule has 3 amide bonds. The Balaban J connectivity index is 1.30. The van der Waals surface area contributed by atoms with E-state index in [1.54, 1.807) is 54.6 Å². The number of pyridine rings is 1. The van der Waals surface area contributed by atoms with Crippen LogP contribution in [-0.2, 0) is 4.79 Å². The molecule has 172 valence electrons. The van der Waals surface area contributed by atoms with E-state index in [2.05, 4.69) is 21.2 Å². The molecule has 0 aliphatic rings. The molecule has 4 rings (SSSR count). The number of carbonyl (C=O) groups is 3. The second-order valence-corrected chi connectivity index (χ2v) is 7.85. The van der Waals surface area contributed by atoms with Gasteiger partial charge in [-0.05, 0) is 55.0 Å². The van der Waals surface area contributed by atoms with Crippen molar-refractivity contribution in [3.05, 3.63) is 89.1 Å². The molecule has 0 saturated carbocycles. The summed E-state index contributed by atoms with van der Waals surface area (Å²) in [6.07, 6.45) is 2.06. The van der Waals surface area contributed by atoms with E-state index in [0.29, 0.717) is 51.5 Å². The zero-order valence-electron chi connectivity index (χ0n) is 18.0. The molecule has 3 N–H and O–H groups in total. The molecule has 0 atom stereocenters. The molecule has 2 aromatic carbocycles. The van der Waals surface area contributed by atoms with E-state index in [4.69, 9.17) is 16.0 Å². The molecule has 0 bridgehead atoms. The largest absolute Gasteiger partial charge is 0.463 e. The summed E-state index contributed by atoms with van der Waals surface area (Å²) in [5, 5.41) is 3.94. The summed E-state index contributed by atoms with van der Waals surface area (Å²) in [6, 6.07) is 18.9. The Hall–Kier alpha value is -4.17. The molecule has 0 aliphatic carbocycles. The highest BCUT2D eigenvalue weighted by molar-refractivity contribution is 6.30. The predicted molar refractivity (Wildman–Crippen MR) is 128 cm³/mol. The maximum Gasteiger partial charge on any atom is 0.270 e. The molecule has 2 heterocycles. The Bertz CT molecular complexity index is 1320. The van der Waals surface area contributed by atoms with Crippen LogP contribution in [0.5, 0.6) is 0 Å². The number of nitrogens with zero attached hydrogens (tertiary/aromatic N) is 1. The molecule has 9 heteroatoms. The number of hydrogen-bond donors (Lipinski definition) is 3. The monoisotopic (exact) mass is 476 g/mol. The topological polar surface area (TPSA) is 113 Å². The van der Waals surface area contributed by atoms with Crippen LogP contribution in [0.2, 0.25) is 5.02 Å². The molecule has 0 aliphatic heterocycles. The lowest BCUT2D eigenvalue weighted by molar-refractivity contribution is -0.121. The predicted octanol–water partition coefficient (Wildman–Crippen LogP) is 4.12. The minimum atomic E-state index is -0.476. The number of furan rings is 1. The maximum absolute atomic E-state index is 12.8. The lowest BCUT2D eigenvalue weighted by Gasteiger charge is -2.11. The molecule has 2 aromatic heterocycles. The Kier molecular flexibility index (Phi) is 7.19. The number of fused-ring (bicyclic) bond motifs is 1. The summed E-state index contributed by atoms with van der Waals surface area (Å²) >= 11 is 5.82. The van der Waals surface area contributed by atoms with Gasteiger partial charge in [0.05, 0.1) is 17.3 Å². The third-order valence-electron chi connectivity index (χ3n) is 5.02. The number of halogens is 1. The van der Waals surface area contributed by atoms with Gasteiger partial charge in [-0.2, -0.15) is 0 Å². The van der Waals surface area contributed by atoms with Crippen molar-refractivity contribution >= 4 is 40.2 Å². The number of carbonyl (C=O) groups excluding carboxylic acids is 3. The lowest BCUT2D eigenvalue weighted by Crippen LogP contribution is -2.42. The summed E-state index contributed by atoms with van der Waals surface area (Å²) in [6.45, 7) is 0.310. The SMILES string of the molecule is O=C(CCCNC(=O)c1ccc(Cl)cc1)NNC(=O)c1cc(-c2ccco2)nc2ccccc12. The van der Waals surface area contributed by atoms with E-state index in [0.717, 1.165) is 0 Å². The van der Waals surface area contributed by atoms with E-state index in [-0.39, 0.29) is 18.2 Å². The molecule has 8 nitrogen and oxygen atoms in total. The highest BCUT2D eigenvalue weighted by Crippen LogP contribution is 2.25. The number of rotatable bonds is 7. The zero-order chi connectivity index (χ0) is 23.9. The van der Waals surface area contributed by atoms with Crippen LogP contribution in [0.15, 0.2) is 77.4 Å². The van der Waals surface area contributed by atoms with Gasteiger partial charge in [0.1, 0.15) is 5.69 Å². The molecule has 0 spiro atoms. The van der Waals surface area contributed by atoms with Gasteiger partial charge in [0.25, 0.3) is 11.8 Å². The fourth-order valence-electron chi connectivity index (χ4n) is 3.32. The third kappa shape index (κ3) is 5.60. The van der Waals surface area contributed by atoms with Gasteiger partial charge in [-0.15, -0.1) is 0 Å². The summed E-state index contributed by atoms with van der Waals surface area (Å²) in [5.41, 5.74) is 6.84. The molecule has 34 heavy (non-hydrogen) atoms. The molecule has 0 radical (unpaired) electrons. The second kappa shape index (κ2) is 10.6. The Morgan fingerprint density at radius 3 is 2.47 bits per heavy atom. The fraction of sp³-hybridized carbons (Fsp3) is 0.120. The van der Waals surface area contributed by atoms with Crippen molar-refractivity contribution in [2.75, 3.05) is 6.54 Å². The minimum Gasteiger partial charge on any atom is -0.463 e. The smallest absolute Gasteiger partial charge is 0.270 e. The van der Waals surface area contributed by atoms with E-state index in [9.17, 15) is 14.4 Å². The highest BCUT2D eigenvalue weighted by atomic mass is 35.5. The van der Waals surface area contributed by atoms with Crippen molar-refractivity contribution in [3.63, 3.8) is 0 Å². The van der Waals surface area contributed by atoms with Crippen LogP contribution >= 0.6 is 11.6 Å². The quantitative estimate of drug-likeness (QED) is 0.274. The summed E-state index contributed by atoms with van der Waals surface area (Å²) in [5.74, 6) is -0.568. The van der Waals surface area contributed by atoms with E-state index in [1.807, 2.05) is 12.1 Å². The summed E-state index contributed by atoms with van der Waals surface area (Å²) in [7, 11) is 0. The number of amides is 3. The summed E-state index contributed by atoms with van der Waals surface area (Å²) < 4.78 is 5.41. The molecular formula is C25H21ClN4O4. The van der Waals surface area contributed by atoms with Crippen LogP contribution in [0.4, 0.5) is 0 Å². The molecule has 0 fully saturated rings. The average Bonchev–Trinajstić information content (AvgIpc) is 3.40. The highest BCUT2D eigenvalue weighted by Gasteiger charge is 2.15. The van der Waals surface area contributed by atoms with Crippen LogP contribution in [0.25, 0.3) is 22.4 Å². The zero-order valence-corrected chi connectivity index (χ0v) is 18.8. The van der Waals surface area contributed by atoms with Crippen molar-refractivity contribution in [1.29, 1.82) is 0 Å².